The maximum Gasteiger partial charge on any atom is 0.0991 e. The Labute approximate surface area is 105 Å². The highest BCUT2D eigenvalue weighted by atomic mass is 14.9. The summed E-state index contributed by atoms with van der Waals surface area (Å²) in [4.78, 5) is 0. The molecule has 1 aromatic rings. The van der Waals surface area contributed by atoms with Crippen LogP contribution in [-0.2, 0) is 0 Å². The molecule has 1 N–H and O–H groups in total. The monoisotopic (exact) mass is 230 g/mol. The number of nitrogens with one attached hydrogen (secondary N) is 1. The Bertz CT molecular complexity index is 379. The van der Waals surface area contributed by atoms with E-state index in [2.05, 4.69) is 39.1 Å². The van der Waals surface area contributed by atoms with Gasteiger partial charge < -0.3 is 5.32 Å². The first-order chi connectivity index (χ1) is 7.92. The zero-order chi connectivity index (χ0) is 12.9. The molecular weight excluding hydrogens is 208 g/mol. The van der Waals surface area contributed by atoms with Crippen molar-refractivity contribution in [3.8, 4) is 6.07 Å². The minimum absolute atomic E-state index is 0.338. The Morgan fingerprint density at radius 1 is 1.24 bits per heavy atom. The van der Waals surface area contributed by atoms with Crippen LogP contribution in [0, 0.1) is 16.7 Å². The maximum absolute atomic E-state index is 8.73. The van der Waals surface area contributed by atoms with E-state index in [0.29, 0.717) is 11.5 Å². The summed E-state index contributed by atoms with van der Waals surface area (Å²) in [7, 11) is 0. The predicted octanol–water partition coefficient (Wildman–Crippen LogP) is 3.65. The summed E-state index contributed by atoms with van der Waals surface area (Å²) in [5.74, 6) is 0. The zero-order valence-electron chi connectivity index (χ0n) is 11.2. The van der Waals surface area contributed by atoms with Gasteiger partial charge in [0.25, 0.3) is 0 Å². The molecule has 1 aromatic carbocycles. The fraction of sp³-hybridized carbons (Fsp3) is 0.533. The van der Waals surface area contributed by atoms with Crippen molar-refractivity contribution in [2.45, 2.75) is 40.2 Å². The SMILES string of the molecule is CC(NCCC(C)(C)C)c1ccc(C#N)cc1. The third-order valence-corrected chi connectivity index (χ3v) is 2.87. The molecule has 0 fully saturated rings. The number of benzene rings is 1. The average Bonchev–Trinajstić information content (AvgIpc) is 2.27. The van der Waals surface area contributed by atoms with Crippen molar-refractivity contribution in [3.63, 3.8) is 0 Å². The molecule has 0 saturated heterocycles. The molecule has 1 atom stereocenters. The fourth-order valence-corrected chi connectivity index (χ4v) is 1.63. The Hall–Kier alpha value is -1.33. The largest absolute Gasteiger partial charge is 0.310 e. The fourth-order valence-electron chi connectivity index (χ4n) is 1.63. The molecule has 0 aliphatic carbocycles. The van der Waals surface area contributed by atoms with Crippen LogP contribution in [0.2, 0.25) is 0 Å². The van der Waals surface area contributed by atoms with Crippen molar-refractivity contribution in [1.29, 1.82) is 5.26 Å². The average molecular weight is 230 g/mol. The number of nitrogens with zero attached hydrogens (tertiary/aromatic N) is 1. The van der Waals surface area contributed by atoms with Gasteiger partial charge in [0.05, 0.1) is 11.6 Å². The highest BCUT2D eigenvalue weighted by molar-refractivity contribution is 5.32. The Morgan fingerprint density at radius 3 is 2.29 bits per heavy atom. The second kappa shape index (κ2) is 5.84. The first kappa shape index (κ1) is 13.7. The molecule has 0 bridgehead atoms. The molecule has 2 nitrogen and oxygen atoms in total. The Kier molecular flexibility index (Phi) is 4.72. The highest BCUT2D eigenvalue weighted by Crippen LogP contribution is 2.19. The van der Waals surface area contributed by atoms with Crippen LogP contribution in [0.15, 0.2) is 24.3 Å². The third-order valence-electron chi connectivity index (χ3n) is 2.87. The summed E-state index contributed by atoms with van der Waals surface area (Å²) >= 11 is 0. The van der Waals surface area contributed by atoms with E-state index in [4.69, 9.17) is 5.26 Å². The molecule has 0 amide bonds. The molecular formula is C15H22N2. The normalized spacial score (nSPS) is 13.1. The van der Waals surface area contributed by atoms with E-state index in [1.807, 2.05) is 24.3 Å². The second-order valence-corrected chi connectivity index (χ2v) is 5.72. The zero-order valence-corrected chi connectivity index (χ0v) is 11.2. The number of rotatable bonds is 4. The Balaban J connectivity index is 2.47. The van der Waals surface area contributed by atoms with Gasteiger partial charge in [0.15, 0.2) is 0 Å². The number of hydrogen-bond donors (Lipinski definition) is 1. The van der Waals surface area contributed by atoms with Gasteiger partial charge in [-0.2, -0.15) is 5.26 Å². The van der Waals surface area contributed by atoms with Crippen LogP contribution < -0.4 is 5.32 Å². The van der Waals surface area contributed by atoms with Crippen molar-refractivity contribution in [2.24, 2.45) is 5.41 Å². The van der Waals surface area contributed by atoms with Gasteiger partial charge in [0, 0.05) is 6.04 Å². The molecule has 1 rings (SSSR count). The minimum Gasteiger partial charge on any atom is -0.310 e. The van der Waals surface area contributed by atoms with Crippen molar-refractivity contribution in [1.82, 2.24) is 5.32 Å². The van der Waals surface area contributed by atoms with Gasteiger partial charge in [-0.05, 0) is 43.0 Å². The number of hydrogen-bond acceptors (Lipinski definition) is 2. The quantitative estimate of drug-likeness (QED) is 0.857. The van der Waals surface area contributed by atoms with Crippen LogP contribution in [0.1, 0.15) is 51.3 Å². The summed E-state index contributed by atoms with van der Waals surface area (Å²) in [6.07, 6.45) is 1.16. The van der Waals surface area contributed by atoms with Crippen LogP contribution in [-0.4, -0.2) is 6.54 Å². The molecule has 1 unspecified atom stereocenters. The van der Waals surface area contributed by atoms with Crippen LogP contribution in [0.3, 0.4) is 0 Å². The molecule has 92 valence electrons. The van der Waals surface area contributed by atoms with Gasteiger partial charge in [-0.3, -0.25) is 0 Å². The first-order valence-corrected chi connectivity index (χ1v) is 6.16. The summed E-state index contributed by atoms with van der Waals surface area (Å²) in [6.45, 7) is 9.93. The number of nitriles is 1. The summed E-state index contributed by atoms with van der Waals surface area (Å²) in [5, 5.41) is 12.2. The van der Waals surface area contributed by atoms with E-state index in [-0.39, 0.29) is 0 Å². The van der Waals surface area contributed by atoms with Crippen molar-refractivity contribution >= 4 is 0 Å². The molecule has 0 aliphatic rings. The summed E-state index contributed by atoms with van der Waals surface area (Å²) < 4.78 is 0. The highest BCUT2D eigenvalue weighted by Gasteiger charge is 2.11. The van der Waals surface area contributed by atoms with Crippen LogP contribution >= 0.6 is 0 Å². The van der Waals surface area contributed by atoms with Crippen molar-refractivity contribution < 1.29 is 0 Å². The second-order valence-electron chi connectivity index (χ2n) is 5.72. The van der Waals surface area contributed by atoms with E-state index in [1.165, 1.54) is 5.56 Å². The first-order valence-electron chi connectivity index (χ1n) is 6.16. The van der Waals surface area contributed by atoms with Crippen LogP contribution in [0.5, 0.6) is 0 Å². The molecule has 2 heteroatoms. The lowest BCUT2D eigenvalue weighted by molar-refractivity contribution is 0.358. The van der Waals surface area contributed by atoms with E-state index in [1.54, 1.807) is 0 Å². The molecule has 0 aromatic heterocycles. The summed E-state index contributed by atoms with van der Waals surface area (Å²) in [6, 6.07) is 10.3. The van der Waals surface area contributed by atoms with E-state index in [9.17, 15) is 0 Å². The molecule has 0 heterocycles. The minimum atomic E-state index is 0.338. The van der Waals surface area contributed by atoms with Gasteiger partial charge in [-0.15, -0.1) is 0 Å². The topological polar surface area (TPSA) is 35.8 Å². The van der Waals surface area contributed by atoms with Gasteiger partial charge >= 0.3 is 0 Å². The molecule has 17 heavy (non-hydrogen) atoms. The van der Waals surface area contributed by atoms with E-state index in [0.717, 1.165) is 18.5 Å². The van der Waals surface area contributed by atoms with Gasteiger partial charge in [0.1, 0.15) is 0 Å². The lowest BCUT2D eigenvalue weighted by Gasteiger charge is -2.21. The van der Waals surface area contributed by atoms with Crippen molar-refractivity contribution in [2.75, 3.05) is 6.54 Å². The molecule has 0 saturated carbocycles. The third kappa shape index (κ3) is 5.01. The smallest absolute Gasteiger partial charge is 0.0991 e. The van der Waals surface area contributed by atoms with E-state index >= 15 is 0 Å². The van der Waals surface area contributed by atoms with Crippen LogP contribution in [0.25, 0.3) is 0 Å². The Morgan fingerprint density at radius 2 is 1.82 bits per heavy atom. The van der Waals surface area contributed by atoms with Gasteiger partial charge in [0.2, 0.25) is 0 Å². The van der Waals surface area contributed by atoms with Gasteiger partial charge in [-0.25, -0.2) is 0 Å². The molecule has 0 aliphatic heterocycles. The van der Waals surface area contributed by atoms with Crippen LogP contribution in [0.4, 0.5) is 0 Å². The maximum atomic E-state index is 8.73. The van der Waals surface area contributed by atoms with Gasteiger partial charge in [-0.1, -0.05) is 32.9 Å². The van der Waals surface area contributed by atoms with Crippen molar-refractivity contribution in [3.05, 3.63) is 35.4 Å². The lowest BCUT2D eigenvalue weighted by atomic mass is 9.92. The summed E-state index contributed by atoms with van der Waals surface area (Å²) in [5.41, 5.74) is 2.32. The standard InChI is InChI=1S/C15H22N2/c1-12(17-10-9-15(2,3)4)14-7-5-13(11-16)6-8-14/h5-8,12,17H,9-10H2,1-4H3. The molecule has 0 spiro atoms. The molecule has 0 radical (unpaired) electrons. The van der Waals surface area contributed by atoms with E-state index < -0.39 is 0 Å². The lowest BCUT2D eigenvalue weighted by Crippen LogP contribution is -2.23. The predicted molar refractivity (Wildman–Crippen MR) is 71.6 cm³/mol.